The summed E-state index contributed by atoms with van der Waals surface area (Å²) in [6.45, 7) is 1.99. The fourth-order valence-electron chi connectivity index (χ4n) is 3.66. The number of amides is 1. The van der Waals surface area contributed by atoms with Crippen LogP contribution >= 0.6 is 0 Å². The molecular formula is C26H22N6O2. The zero-order valence-electron chi connectivity index (χ0n) is 18.5. The van der Waals surface area contributed by atoms with Gasteiger partial charge in [-0.3, -0.25) is 9.78 Å². The largest absolute Gasteiger partial charge is 0.483 e. The van der Waals surface area contributed by atoms with Gasteiger partial charge >= 0.3 is 0 Å². The summed E-state index contributed by atoms with van der Waals surface area (Å²) in [4.78, 5) is 16.5. The molecule has 8 nitrogen and oxygen atoms in total. The molecule has 0 saturated carbocycles. The van der Waals surface area contributed by atoms with Gasteiger partial charge in [-0.2, -0.15) is 9.61 Å². The van der Waals surface area contributed by atoms with Gasteiger partial charge in [0.05, 0.1) is 5.69 Å². The van der Waals surface area contributed by atoms with E-state index in [-0.39, 0.29) is 12.5 Å². The zero-order valence-corrected chi connectivity index (χ0v) is 18.5. The second kappa shape index (κ2) is 9.50. The summed E-state index contributed by atoms with van der Waals surface area (Å²) in [5.74, 6) is 1.13. The summed E-state index contributed by atoms with van der Waals surface area (Å²) in [7, 11) is 0. The first-order chi connectivity index (χ1) is 16.7. The van der Waals surface area contributed by atoms with Crippen LogP contribution in [0, 0.1) is 0 Å². The highest BCUT2D eigenvalue weighted by molar-refractivity contribution is 5.92. The molecule has 34 heavy (non-hydrogen) atoms. The number of ether oxygens (including phenoxy) is 1. The highest BCUT2D eigenvalue weighted by atomic mass is 16.5. The molecule has 168 valence electrons. The average molecular weight is 451 g/mol. The van der Waals surface area contributed by atoms with Gasteiger partial charge in [0, 0.05) is 29.2 Å². The van der Waals surface area contributed by atoms with Crippen LogP contribution in [0.4, 0.5) is 5.69 Å². The molecule has 5 rings (SSSR count). The molecule has 0 atom stereocenters. The van der Waals surface area contributed by atoms with E-state index in [0.29, 0.717) is 17.2 Å². The molecule has 3 aromatic heterocycles. The van der Waals surface area contributed by atoms with Crippen LogP contribution in [0.15, 0.2) is 85.2 Å². The summed E-state index contributed by atoms with van der Waals surface area (Å²) in [6, 6.07) is 22.7. The normalized spacial score (nSPS) is 10.9. The van der Waals surface area contributed by atoms with E-state index in [0.717, 1.165) is 34.6 Å². The van der Waals surface area contributed by atoms with Crippen molar-refractivity contribution in [2.45, 2.75) is 13.3 Å². The quantitative estimate of drug-likeness (QED) is 0.394. The number of nitrogens with zero attached hydrogens (tertiary/aromatic N) is 5. The van der Waals surface area contributed by atoms with E-state index in [1.165, 1.54) is 0 Å². The lowest BCUT2D eigenvalue weighted by Gasteiger charge is -2.11. The van der Waals surface area contributed by atoms with Crippen molar-refractivity contribution in [2.24, 2.45) is 0 Å². The molecule has 1 amide bonds. The molecular weight excluding hydrogens is 428 g/mol. The van der Waals surface area contributed by atoms with Crippen molar-refractivity contribution >= 4 is 17.2 Å². The molecule has 0 saturated heterocycles. The van der Waals surface area contributed by atoms with E-state index < -0.39 is 0 Å². The number of benzene rings is 2. The highest BCUT2D eigenvalue weighted by Crippen LogP contribution is 2.23. The number of para-hydroxylation sites is 1. The first-order valence-electron chi connectivity index (χ1n) is 10.9. The van der Waals surface area contributed by atoms with Gasteiger partial charge in [0.2, 0.25) is 0 Å². The minimum Gasteiger partial charge on any atom is -0.483 e. The van der Waals surface area contributed by atoms with E-state index in [9.17, 15) is 4.79 Å². The molecule has 0 unspecified atom stereocenters. The number of hydrogen-bond acceptors (Lipinski definition) is 6. The van der Waals surface area contributed by atoms with Crippen LogP contribution in [0.25, 0.3) is 28.3 Å². The van der Waals surface area contributed by atoms with Crippen molar-refractivity contribution in [3.8, 4) is 28.4 Å². The molecule has 3 heterocycles. The second-order valence-corrected chi connectivity index (χ2v) is 7.63. The molecule has 2 aromatic carbocycles. The van der Waals surface area contributed by atoms with Gasteiger partial charge in [-0.1, -0.05) is 37.3 Å². The maximum Gasteiger partial charge on any atom is 0.262 e. The van der Waals surface area contributed by atoms with Crippen LogP contribution in [0.2, 0.25) is 0 Å². The molecule has 5 aromatic rings. The van der Waals surface area contributed by atoms with Gasteiger partial charge in [-0.05, 0) is 54.4 Å². The fraction of sp³-hybridized carbons (Fsp3) is 0.115. The molecule has 0 fully saturated rings. The molecule has 8 heteroatoms. The number of aryl methyl sites for hydroxylation is 1. The lowest BCUT2D eigenvalue weighted by atomic mass is 10.1. The van der Waals surface area contributed by atoms with Crippen molar-refractivity contribution in [1.29, 1.82) is 0 Å². The lowest BCUT2D eigenvalue weighted by molar-refractivity contribution is -0.118. The molecule has 0 aliphatic carbocycles. The summed E-state index contributed by atoms with van der Waals surface area (Å²) >= 11 is 0. The first-order valence-corrected chi connectivity index (χ1v) is 10.9. The number of carbonyl (C=O) groups is 1. The van der Waals surface area contributed by atoms with Gasteiger partial charge in [0.25, 0.3) is 5.91 Å². The Balaban J connectivity index is 1.34. The maximum atomic E-state index is 12.5. The van der Waals surface area contributed by atoms with Crippen molar-refractivity contribution in [3.63, 3.8) is 0 Å². The number of hydrogen-bond donors (Lipinski definition) is 1. The number of rotatable bonds is 7. The maximum absolute atomic E-state index is 12.5. The van der Waals surface area contributed by atoms with Crippen LogP contribution < -0.4 is 10.1 Å². The van der Waals surface area contributed by atoms with Crippen molar-refractivity contribution in [3.05, 3.63) is 90.8 Å². The third-order valence-corrected chi connectivity index (χ3v) is 5.36. The number of aromatic nitrogens is 5. The third-order valence-electron chi connectivity index (χ3n) is 5.36. The Kier molecular flexibility index (Phi) is 5.94. The van der Waals surface area contributed by atoms with Crippen molar-refractivity contribution in [1.82, 2.24) is 24.8 Å². The first kappa shape index (κ1) is 21.3. The van der Waals surface area contributed by atoms with Gasteiger partial charge in [0.1, 0.15) is 5.75 Å². The van der Waals surface area contributed by atoms with E-state index in [1.54, 1.807) is 16.9 Å². The van der Waals surface area contributed by atoms with Crippen LogP contribution in [0.3, 0.4) is 0 Å². The van der Waals surface area contributed by atoms with Gasteiger partial charge in [0.15, 0.2) is 18.1 Å². The molecule has 0 aliphatic heterocycles. The number of fused-ring (bicyclic) bond motifs is 1. The number of pyridine rings is 1. The molecule has 0 radical (unpaired) electrons. The Morgan fingerprint density at radius 2 is 1.79 bits per heavy atom. The van der Waals surface area contributed by atoms with E-state index in [4.69, 9.17) is 9.84 Å². The predicted molar refractivity (Wildman–Crippen MR) is 129 cm³/mol. The minimum absolute atomic E-state index is 0.0680. The standard InChI is InChI=1S/C26H22N6O2/c1-2-18-6-3-4-9-23(18)34-17-25(33)28-21-8-5-7-20(16-21)22-10-11-24-29-30-26(32(24)31-22)19-12-14-27-15-13-19/h3-16H,2,17H2,1H3,(H,28,33). The van der Waals surface area contributed by atoms with Gasteiger partial charge < -0.3 is 10.1 Å². The molecule has 0 bridgehead atoms. The van der Waals surface area contributed by atoms with Gasteiger partial charge in [-0.25, -0.2) is 0 Å². The van der Waals surface area contributed by atoms with E-state index >= 15 is 0 Å². The monoisotopic (exact) mass is 450 g/mol. The molecule has 1 N–H and O–H groups in total. The summed E-state index contributed by atoms with van der Waals surface area (Å²) in [5.41, 5.74) is 4.83. The Hall–Kier alpha value is -4.59. The number of anilines is 1. The SMILES string of the molecule is CCc1ccccc1OCC(=O)Nc1cccc(-c2ccc3nnc(-c4ccncc4)n3n2)c1. The third kappa shape index (κ3) is 4.47. The van der Waals surface area contributed by atoms with E-state index in [1.807, 2.05) is 72.8 Å². The second-order valence-electron chi connectivity index (χ2n) is 7.63. The van der Waals surface area contributed by atoms with Gasteiger partial charge in [-0.15, -0.1) is 10.2 Å². The summed E-state index contributed by atoms with van der Waals surface area (Å²) in [6.07, 6.45) is 4.25. The Labute approximate surface area is 196 Å². The fourth-order valence-corrected chi connectivity index (χ4v) is 3.66. The van der Waals surface area contributed by atoms with Crippen LogP contribution in [0.5, 0.6) is 5.75 Å². The van der Waals surface area contributed by atoms with Crippen LogP contribution in [0.1, 0.15) is 12.5 Å². The van der Waals surface area contributed by atoms with Crippen molar-refractivity contribution in [2.75, 3.05) is 11.9 Å². The summed E-state index contributed by atoms with van der Waals surface area (Å²) < 4.78 is 7.43. The van der Waals surface area contributed by atoms with Crippen LogP contribution in [-0.4, -0.2) is 37.3 Å². The topological polar surface area (TPSA) is 94.3 Å². The average Bonchev–Trinajstić information content (AvgIpc) is 3.31. The smallest absolute Gasteiger partial charge is 0.262 e. The van der Waals surface area contributed by atoms with Crippen molar-refractivity contribution < 1.29 is 9.53 Å². The lowest BCUT2D eigenvalue weighted by Crippen LogP contribution is -2.20. The number of nitrogens with one attached hydrogen (secondary N) is 1. The van der Waals surface area contributed by atoms with E-state index in [2.05, 4.69) is 27.4 Å². The molecule has 0 aliphatic rings. The Morgan fingerprint density at radius 1 is 0.941 bits per heavy atom. The Morgan fingerprint density at radius 3 is 2.65 bits per heavy atom. The summed E-state index contributed by atoms with van der Waals surface area (Å²) in [5, 5.41) is 16.1. The Bertz CT molecular complexity index is 1450. The number of carbonyl (C=O) groups excluding carboxylic acids is 1. The zero-order chi connectivity index (χ0) is 23.3. The minimum atomic E-state index is -0.231. The predicted octanol–water partition coefficient (Wildman–Crippen LogP) is 4.43. The molecule has 0 spiro atoms. The highest BCUT2D eigenvalue weighted by Gasteiger charge is 2.12. The van der Waals surface area contributed by atoms with Crippen LogP contribution in [-0.2, 0) is 11.2 Å².